The van der Waals surface area contributed by atoms with Gasteiger partial charge in [0.1, 0.15) is 0 Å². The van der Waals surface area contributed by atoms with Crippen LogP contribution in [0.1, 0.15) is 33.1 Å². The van der Waals surface area contributed by atoms with Crippen LogP contribution in [0.3, 0.4) is 0 Å². The summed E-state index contributed by atoms with van der Waals surface area (Å²) in [5.74, 6) is 0. The Balaban J connectivity index is 2.07. The molecule has 1 fully saturated rings. The number of anilines is 1. The van der Waals surface area contributed by atoms with Crippen molar-refractivity contribution in [1.82, 2.24) is 0 Å². The SMILES string of the molecule is CC1(C)CCC(Nc2ccc([N+](=O)[O-])c(Br)c2)C1. The van der Waals surface area contributed by atoms with Gasteiger partial charge in [-0.25, -0.2) is 0 Å². The Hall–Kier alpha value is -1.10. The van der Waals surface area contributed by atoms with Gasteiger partial charge >= 0.3 is 0 Å². The third-order valence-electron chi connectivity index (χ3n) is 3.48. The average molecular weight is 313 g/mol. The summed E-state index contributed by atoms with van der Waals surface area (Å²) >= 11 is 3.24. The summed E-state index contributed by atoms with van der Waals surface area (Å²) in [6, 6.07) is 5.55. The molecule has 1 unspecified atom stereocenters. The van der Waals surface area contributed by atoms with Gasteiger partial charge in [0.05, 0.1) is 9.40 Å². The molecule has 0 amide bonds. The lowest BCUT2D eigenvalue weighted by molar-refractivity contribution is -0.385. The van der Waals surface area contributed by atoms with Crippen LogP contribution in [0.4, 0.5) is 11.4 Å². The average Bonchev–Trinajstić information content (AvgIpc) is 2.57. The van der Waals surface area contributed by atoms with Crippen molar-refractivity contribution in [2.45, 2.75) is 39.2 Å². The Morgan fingerprint density at radius 3 is 2.72 bits per heavy atom. The van der Waals surface area contributed by atoms with Crippen LogP contribution >= 0.6 is 15.9 Å². The molecular weight excluding hydrogens is 296 g/mol. The Kier molecular flexibility index (Phi) is 3.61. The molecule has 0 aliphatic heterocycles. The van der Waals surface area contributed by atoms with E-state index in [1.807, 2.05) is 0 Å². The maximum Gasteiger partial charge on any atom is 0.283 e. The first-order valence-electron chi connectivity index (χ1n) is 6.08. The van der Waals surface area contributed by atoms with Crippen molar-refractivity contribution < 1.29 is 4.92 Å². The van der Waals surface area contributed by atoms with E-state index in [9.17, 15) is 10.1 Å². The van der Waals surface area contributed by atoms with Gasteiger partial charge in [0.2, 0.25) is 0 Å². The van der Waals surface area contributed by atoms with E-state index in [1.165, 1.54) is 12.5 Å². The van der Waals surface area contributed by atoms with Crippen LogP contribution in [0.2, 0.25) is 0 Å². The van der Waals surface area contributed by atoms with Gasteiger partial charge in [-0.05, 0) is 52.7 Å². The molecule has 98 valence electrons. The van der Waals surface area contributed by atoms with Gasteiger partial charge in [-0.3, -0.25) is 10.1 Å². The van der Waals surface area contributed by atoms with E-state index < -0.39 is 0 Å². The molecule has 5 heteroatoms. The first-order valence-corrected chi connectivity index (χ1v) is 6.87. The van der Waals surface area contributed by atoms with Crippen molar-refractivity contribution in [3.63, 3.8) is 0 Å². The molecular formula is C13H17BrN2O2. The summed E-state index contributed by atoms with van der Waals surface area (Å²) in [5, 5.41) is 14.2. The molecule has 1 aromatic carbocycles. The van der Waals surface area contributed by atoms with Crippen molar-refractivity contribution in [3.8, 4) is 0 Å². The number of hydrogen-bond donors (Lipinski definition) is 1. The van der Waals surface area contributed by atoms with Gasteiger partial charge in [0.15, 0.2) is 0 Å². The van der Waals surface area contributed by atoms with Crippen molar-refractivity contribution in [3.05, 3.63) is 32.8 Å². The maximum atomic E-state index is 10.7. The van der Waals surface area contributed by atoms with Gasteiger partial charge in [-0.1, -0.05) is 13.8 Å². The molecule has 18 heavy (non-hydrogen) atoms. The van der Waals surface area contributed by atoms with E-state index in [0.29, 0.717) is 15.9 Å². The van der Waals surface area contributed by atoms with Crippen molar-refractivity contribution in [2.75, 3.05) is 5.32 Å². The fraction of sp³-hybridized carbons (Fsp3) is 0.538. The van der Waals surface area contributed by atoms with E-state index in [4.69, 9.17) is 0 Å². The van der Waals surface area contributed by atoms with Crippen LogP contribution in [0.5, 0.6) is 0 Å². The molecule has 1 atom stereocenters. The molecule has 0 bridgehead atoms. The minimum Gasteiger partial charge on any atom is -0.382 e. The first kappa shape index (κ1) is 13.3. The first-order chi connectivity index (χ1) is 8.37. The van der Waals surface area contributed by atoms with Crippen molar-refractivity contribution >= 4 is 27.3 Å². The number of benzene rings is 1. The van der Waals surface area contributed by atoms with E-state index in [1.54, 1.807) is 12.1 Å². The molecule has 0 saturated heterocycles. The Morgan fingerprint density at radius 1 is 1.50 bits per heavy atom. The van der Waals surface area contributed by atoms with Gasteiger partial charge in [-0.15, -0.1) is 0 Å². The number of halogens is 1. The topological polar surface area (TPSA) is 55.2 Å². The summed E-state index contributed by atoms with van der Waals surface area (Å²) in [6.45, 7) is 4.56. The number of hydrogen-bond acceptors (Lipinski definition) is 3. The van der Waals surface area contributed by atoms with Crippen LogP contribution in [0.25, 0.3) is 0 Å². The zero-order valence-corrected chi connectivity index (χ0v) is 12.2. The van der Waals surface area contributed by atoms with Gasteiger partial charge in [0, 0.05) is 17.8 Å². The predicted molar refractivity (Wildman–Crippen MR) is 75.8 cm³/mol. The van der Waals surface area contributed by atoms with Gasteiger partial charge in [-0.2, -0.15) is 0 Å². The van der Waals surface area contributed by atoms with Crippen LogP contribution in [0, 0.1) is 15.5 Å². The Labute approximate surface area is 115 Å². The van der Waals surface area contributed by atoms with Gasteiger partial charge < -0.3 is 5.32 Å². The monoisotopic (exact) mass is 312 g/mol. The summed E-state index contributed by atoms with van der Waals surface area (Å²) in [5.41, 5.74) is 1.44. The lowest BCUT2D eigenvalue weighted by atomic mass is 9.92. The van der Waals surface area contributed by atoms with E-state index in [0.717, 1.165) is 18.5 Å². The molecule has 0 spiro atoms. The summed E-state index contributed by atoms with van der Waals surface area (Å²) in [7, 11) is 0. The molecule has 1 N–H and O–H groups in total. The Bertz CT molecular complexity index is 474. The van der Waals surface area contributed by atoms with Crippen molar-refractivity contribution in [2.24, 2.45) is 5.41 Å². The minimum absolute atomic E-state index is 0.104. The standard InChI is InChI=1S/C13H17BrN2O2/c1-13(2)6-5-10(8-13)15-9-3-4-12(16(17)18)11(14)7-9/h3-4,7,10,15H,5-6,8H2,1-2H3. The third kappa shape index (κ3) is 3.02. The molecule has 0 aromatic heterocycles. The number of nitro benzene ring substituents is 1. The molecule has 4 nitrogen and oxygen atoms in total. The smallest absolute Gasteiger partial charge is 0.283 e. The van der Waals surface area contributed by atoms with E-state index >= 15 is 0 Å². The van der Waals surface area contributed by atoms with Crippen LogP contribution in [-0.4, -0.2) is 11.0 Å². The number of nitro groups is 1. The second kappa shape index (κ2) is 4.88. The van der Waals surface area contributed by atoms with Gasteiger partial charge in [0.25, 0.3) is 5.69 Å². The summed E-state index contributed by atoms with van der Waals surface area (Å²) in [4.78, 5) is 10.3. The molecule has 1 aliphatic rings. The molecule has 1 aliphatic carbocycles. The minimum atomic E-state index is -0.382. The zero-order valence-electron chi connectivity index (χ0n) is 10.6. The second-order valence-electron chi connectivity index (χ2n) is 5.67. The molecule has 0 heterocycles. The normalized spacial score (nSPS) is 21.8. The third-order valence-corrected chi connectivity index (χ3v) is 4.12. The number of nitrogens with one attached hydrogen (secondary N) is 1. The maximum absolute atomic E-state index is 10.7. The highest BCUT2D eigenvalue weighted by molar-refractivity contribution is 9.10. The van der Waals surface area contributed by atoms with Crippen molar-refractivity contribution in [1.29, 1.82) is 0 Å². The van der Waals surface area contributed by atoms with E-state index in [2.05, 4.69) is 35.1 Å². The highest BCUT2D eigenvalue weighted by atomic mass is 79.9. The summed E-state index contributed by atoms with van der Waals surface area (Å²) in [6.07, 6.45) is 3.52. The lowest BCUT2D eigenvalue weighted by Crippen LogP contribution is -2.17. The highest BCUT2D eigenvalue weighted by Gasteiger charge is 2.30. The second-order valence-corrected chi connectivity index (χ2v) is 6.53. The van der Waals surface area contributed by atoms with Crippen LogP contribution < -0.4 is 5.32 Å². The number of rotatable bonds is 3. The molecule has 1 aromatic rings. The van der Waals surface area contributed by atoms with Crippen LogP contribution in [0.15, 0.2) is 22.7 Å². The largest absolute Gasteiger partial charge is 0.382 e. The molecule has 1 saturated carbocycles. The predicted octanol–water partition coefficient (Wildman–Crippen LogP) is 4.35. The zero-order chi connectivity index (χ0) is 13.3. The fourth-order valence-electron chi connectivity index (χ4n) is 2.54. The highest BCUT2D eigenvalue weighted by Crippen LogP contribution is 2.38. The Morgan fingerprint density at radius 2 is 2.22 bits per heavy atom. The summed E-state index contributed by atoms with van der Waals surface area (Å²) < 4.78 is 0.523. The fourth-order valence-corrected chi connectivity index (χ4v) is 3.06. The lowest BCUT2D eigenvalue weighted by Gasteiger charge is -2.18. The quantitative estimate of drug-likeness (QED) is 0.667. The van der Waals surface area contributed by atoms with E-state index in [-0.39, 0.29) is 10.6 Å². The molecule has 0 radical (unpaired) electrons. The molecule has 2 rings (SSSR count). The number of nitrogens with zero attached hydrogens (tertiary/aromatic N) is 1. The van der Waals surface area contributed by atoms with Crippen LogP contribution in [-0.2, 0) is 0 Å².